The van der Waals surface area contributed by atoms with Crippen molar-refractivity contribution in [3.63, 3.8) is 0 Å². The van der Waals surface area contributed by atoms with Crippen LogP contribution in [0.5, 0.6) is 0 Å². The molecule has 7 nitrogen and oxygen atoms in total. The van der Waals surface area contributed by atoms with Crippen molar-refractivity contribution in [2.75, 3.05) is 52.4 Å². The van der Waals surface area contributed by atoms with Crippen LogP contribution in [0.4, 0.5) is 27.5 Å². The summed E-state index contributed by atoms with van der Waals surface area (Å²) in [6.07, 6.45) is -0.947. The summed E-state index contributed by atoms with van der Waals surface area (Å²) < 4.78 is 23.2. The predicted octanol–water partition coefficient (Wildman–Crippen LogP) is 2.56. The minimum Gasteiger partial charge on any atom is -0.465 e. The number of fused-ring (bicyclic) bond motifs is 1. The molecule has 27 heavy (non-hydrogen) atoms. The van der Waals surface area contributed by atoms with Gasteiger partial charge in [-0.05, 0) is 36.4 Å². The Hall–Kier alpha value is -2.74. The number of carboxylic acid groups (broad SMARTS) is 1. The average Bonchev–Trinajstić information content (AvgIpc) is 2.67. The van der Waals surface area contributed by atoms with Crippen molar-refractivity contribution in [1.29, 1.82) is 0 Å². The molecule has 0 radical (unpaired) electrons. The van der Waals surface area contributed by atoms with E-state index in [0.717, 1.165) is 17.1 Å². The van der Waals surface area contributed by atoms with Gasteiger partial charge in [-0.15, -0.1) is 0 Å². The lowest BCUT2D eigenvalue weighted by Crippen LogP contribution is -2.41. The SMILES string of the molecule is O=C(O)N1CCN(c2ccc(N3CCS(=O)(=O)CC3)cc2)c2ccccc21. The van der Waals surface area contributed by atoms with E-state index in [0.29, 0.717) is 31.9 Å². The first-order chi connectivity index (χ1) is 12.9. The molecule has 0 unspecified atom stereocenters. The number of anilines is 4. The van der Waals surface area contributed by atoms with Crippen LogP contribution in [0.25, 0.3) is 0 Å². The van der Waals surface area contributed by atoms with Crippen molar-refractivity contribution >= 4 is 38.7 Å². The summed E-state index contributed by atoms with van der Waals surface area (Å²) in [6, 6.07) is 15.5. The van der Waals surface area contributed by atoms with Crippen molar-refractivity contribution in [3.05, 3.63) is 48.5 Å². The van der Waals surface area contributed by atoms with Crippen LogP contribution in [0.15, 0.2) is 48.5 Å². The molecular weight excluding hydrogens is 366 g/mol. The van der Waals surface area contributed by atoms with Crippen LogP contribution in [0, 0.1) is 0 Å². The fourth-order valence-electron chi connectivity index (χ4n) is 3.64. The molecule has 1 saturated heterocycles. The number of hydrogen-bond acceptors (Lipinski definition) is 5. The average molecular weight is 387 g/mol. The van der Waals surface area contributed by atoms with Gasteiger partial charge in [0.2, 0.25) is 0 Å². The standard InChI is InChI=1S/C19H21N3O4S/c23-19(24)22-10-9-21(17-3-1-2-4-18(17)22)16-7-5-15(6-8-16)20-11-13-27(25,26)14-12-20/h1-8H,9-14H2,(H,23,24). The zero-order chi connectivity index (χ0) is 19.0. The van der Waals surface area contributed by atoms with Crippen molar-refractivity contribution in [2.45, 2.75) is 0 Å². The van der Waals surface area contributed by atoms with E-state index in [9.17, 15) is 18.3 Å². The molecule has 2 heterocycles. The van der Waals surface area contributed by atoms with E-state index >= 15 is 0 Å². The number of sulfone groups is 1. The number of para-hydroxylation sites is 2. The Kier molecular flexibility index (Phi) is 4.43. The van der Waals surface area contributed by atoms with E-state index in [1.807, 2.05) is 48.5 Å². The van der Waals surface area contributed by atoms with Crippen molar-refractivity contribution in [3.8, 4) is 0 Å². The Bertz CT molecular complexity index is 945. The van der Waals surface area contributed by atoms with Crippen LogP contribution in [0.2, 0.25) is 0 Å². The van der Waals surface area contributed by atoms with Gasteiger partial charge in [-0.2, -0.15) is 0 Å². The van der Waals surface area contributed by atoms with Gasteiger partial charge >= 0.3 is 6.09 Å². The maximum absolute atomic E-state index is 11.6. The molecule has 1 fully saturated rings. The van der Waals surface area contributed by atoms with Gasteiger partial charge in [-0.1, -0.05) is 12.1 Å². The number of benzene rings is 2. The van der Waals surface area contributed by atoms with E-state index in [1.165, 1.54) is 4.90 Å². The molecule has 2 aromatic rings. The summed E-state index contributed by atoms with van der Waals surface area (Å²) in [5.74, 6) is 0.387. The van der Waals surface area contributed by atoms with Crippen LogP contribution in [0.3, 0.4) is 0 Å². The summed E-state index contributed by atoms with van der Waals surface area (Å²) in [5.41, 5.74) is 3.54. The minimum absolute atomic E-state index is 0.194. The lowest BCUT2D eigenvalue weighted by molar-refractivity contribution is 0.201. The van der Waals surface area contributed by atoms with Crippen LogP contribution < -0.4 is 14.7 Å². The third-order valence-electron chi connectivity index (χ3n) is 5.11. The summed E-state index contributed by atoms with van der Waals surface area (Å²) in [4.78, 5) is 17.0. The molecule has 0 bridgehead atoms. The second-order valence-corrected chi connectivity index (χ2v) is 9.03. The van der Waals surface area contributed by atoms with Gasteiger partial charge in [0.1, 0.15) is 0 Å². The first-order valence-corrected chi connectivity index (χ1v) is 10.7. The van der Waals surface area contributed by atoms with Gasteiger partial charge in [-0.25, -0.2) is 13.2 Å². The molecule has 2 aliphatic rings. The second-order valence-electron chi connectivity index (χ2n) is 6.73. The van der Waals surface area contributed by atoms with Crippen molar-refractivity contribution in [2.24, 2.45) is 0 Å². The molecule has 142 valence electrons. The number of rotatable bonds is 2. The normalized spacial score (nSPS) is 18.9. The summed E-state index contributed by atoms with van der Waals surface area (Å²) in [5, 5.41) is 9.42. The smallest absolute Gasteiger partial charge is 0.411 e. The zero-order valence-corrected chi connectivity index (χ0v) is 15.6. The molecular formula is C19H21N3O4S. The molecule has 8 heteroatoms. The zero-order valence-electron chi connectivity index (χ0n) is 14.8. The van der Waals surface area contributed by atoms with E-state index in [4.69, 9.17) is 0 Å². The molecule has 0 atom stereocenters. The van der Waals surface area contributed by atoms with E-state index in [1.54, 1.807) is 0 Å². The number of carbonyl (C=O) groups is 1. The van der Waals surface area contributed by atoms with Crippen LogP contribution in [0.1, 0.15) is 0 Å². The summed E-state index contributed by atoms with van der Waals surface area (Å²) in [7, 11) is -2.90. The Morgan fingerprint density at radius 2 is 1.41 bits per heavy atom. The highest BCUT2D eigenvalue weighted by Gasteiger charge is 2.27. The van der Waals surface area contributed by atoms with Crippen LogP contribution >= 0.6 is 0 Å². The Labute approximate surface area is 158 Å². The van der Waals surface area contributed by atoms with Gasteiger partial charge in [0.15, 0.2) is 9.84 Å². The molecule has 2 aliphatic heterocycles. The van der Waals surface area contributed by atoms with Crippen molar-refractivity contribution < 1.29 is 18.3 Å². The highest BCUT2D eigenvalue weighted by atomic mass is 32.2. The van der Waals surface area contributed by atoms with E-state index in [2.05, 4.69) is 9.80 Å². The number of hydrogen-bond donors (Lipinski definition) is 1. The third kappa shape index (κ3) is 3.44. The lowest BCUT2D eigenvalue weighted by Gasteiger charge is -2.36. The second kappa shape index (κ2) is 6.77. The summed E-state index contributed by atoms with van der Waals surface area (Å²) in [6.45, 7) is 2.01. The van der Waals surface area contributed by atoms with Crippen LogP contribution in [-0.2, 0) is 9.84 Å². The lowest BCUT2D eigenvalue weighted by atomic mass is 10.1. The molecule has 0 aromatic heterocycles. The van der Waals surface area contributed by atoms with E-state index in [-0.39, 0.29) is 11.5 Å². The fraction of sp³-hybridized carbons (Fsp3) is 0.316. The van der Waals surface area contributed by atoms with Crippen molar-refractivity contribution in [1.82, 2.24) is 0 Å². The first kappa shape index (κ1) is 17.7. The van der Waals surface area contributed by atoms with Gasteiger partial charge in [0.05, 0.1) is 22.9 Å². The first-order valence-electron chi connectivity index (χ1n) is 8.87. The van der Waals surface area contributed by atoms with Gasteiger partial charge in [-0.3, -0.25) is 4.90 Å². The maximum atomic E-state index is 11.6. The topological polar surface area (TPSA) is 81.2 Å². The maximum Gasteiger partial charge on any atom is 0.411 e. The quantitative estimate of drug-likeness (QED) is 0.853. The predicted molar refractivity (Wildman–Crippen MR) is 106 cm³/mol. The van der Waals surface area contributed by atoms with E-state index < -0.39 is 15.9 Å². The highest BCUT2D eigenvalue weighted by Crippen LogP contribution is 2.38. The molecule has 1 amide bonds. The summed E-state index contributed by atoms with van der Waals surface area (Å²) >= 11 is 0. The Morgan fingerprint density at radius 3 is 2.04 bits per heavy atom. The van der Waals surface area contributed by atoms with Gasteiger partial charge in [0.25, 0.3) is 0 Å². The Morgan fingerprint density at radius 1 is 0.815 bits per heavy atom. The monoisotopic (exact) mass is 387 g/mol. The molecule has 0 aliphatic carbocycles. The minimum atomic E-state index is -2.90. The largest absolute Gasteiger partial charge is 0.465 e. The molecule has 4 rings (SSSR count). The Balaban J connectivity index is 1.57. The van der Waals surface area contributed by atoms with Gasteiger partial charge in [0, 0.05) is 37.6 Å². The van der Waals surface area contributed by atoms with Crippen LogP contribution in [-0.4, -0.2) is 57.3 Å². The third-order valence-corrected chi connectivity index (χ3v) is 6.72. The number of amides is 1. The van der Waals surface area contributed by atoms with Gasteiger partial charge < -0.3 is 14.9 Å². The molecule has 1 N–H and O–H groups in total. The molecule has 0 spiro atoms. The molecule has 2 aromatic carbocycles. The number of nitrogens with zero attached hydrogens (tertiary/aromatic N) is 3. The highest BCUT2D eigenvalue weighted by molar-refractivity contribution is 7.91. The molecule has 0 saturated carbocycles. The fourth-order valence-corrected chi connectivity index (χ4v) is 4.84.